The number of hydrogen-bond acceptors (Lipinski definition) is 4. The van der Waals surface area contributed by atoms with Gasteiger partial charge in [0.05, 0.1) is 10.9 Å². The van der Waals surface area contributed by atoms with Crippen LogP contribution in [0.1, 0.15) is 18.9 Å². The zero-order valence-corrected chi connectivity index (χ0v) is 16.4. The van der Waals surface area contributed by atoms with Crippen LogP contribution in [0, 0.1) is 5.82 Å². The summed E-state index contributed by atoms with van der Waals surface area (Å²) in [4.78, 5) is 31.2. The number of amidine groups is 1. The molecule has 1 heterocycles. The van der Waals surface area contributed by atoms with Crippen molar-refractivity contribution in [2.45, 2.75) is 25.0 Å². The molecular weight excluding hydrogens is 377 g/mol. The molecule has 0 aliphatic carbocycles. The average molecular weight is 399 g/mol. The van der Waals surface area contributed by atoms with Gasteiger partial charge in [0.25, 0.3) is 0 Å². The van der Waals surface area contributed by atoms with Crippen LogP contribution in [0.15, 0.2) is 59.6 Å². The molecule has 1 fully saturated rings. The second-order valence-corrected chi connectivity index (χ2v) is 7.53. The van der Waals surface area contributed by atoms with Crippen molar-refractivity contribution in [2.75, 3.05) is 13.1 Å². The van der Waals surface area contributed by atoms with Crippen molar-refractivity contribution >= 4 is 34.4 Å². The molecule has 1 aliphatic rings. The molecule has 3 rings (SSSR count). The van der Waals surface area contributed by atoms with Gasteiger partial charge >= 0.3 is 0 Å². The van der Waals surface area contributed by atoms with Crippen molar-refractivity contribution in [3.63, 3.8) is 0 Å². The maximum Gasteiger partial charge on any atom is 0.234 e. The van der Waals surface area contributed by atoms with Crippen molar-refractivity contribution in [1.82, 2.24) is 10.2 Å². The molecule has 2 aromatic rings. The summed E-state index contributed by atoms with van der Waals surface area (Å²) in [6.07, 6.45) is 0.815. The van der Waals surface area contributed by atoms with Crippen LogP contribution < -0.4 is 5.32 Å². The molecule has 1 aliphatic heterocycles. The van der Waals surface area contributed by atoms with E-state index in [4.69, 9.17) is 0 Å². The molecule has 5 nitrogen and oxygen atoms in total. The number of rotatable bonds is 6. The van der Waals surface area contributed by atoms with E-state index in [1.54, 1.807) is 17.0 Å². The highest BCUT2D eigenvalue weighted by Crippen LogP contribution is 2.29. The van der Waals surface area contributed by atoms with E-state index in [9.17, 15) is 14.0 Å². The Kier molecular flexibility index (Phi) is 6.81. The minimum absolute atomic E-state index is 0.133. The molecular formula is C21H22FN3O2S. The van der Waals surface area contributed by atoms with Gasteiger partial charge in [0.2, 0.25) is 11.8 Å². The monoisotopic (exact) mass is 399 g/mol. The van der Waals surface area contributed by atoms with E-state index in [1.165, 1.54) is 23.9 Å². The van der Waals surface area contributed by atoms with Crippen LogP contribution in [0.2, 0.25) is 0 Å². The molecule has 1 unspecified atom stereocenters. The van der Waals surface area contributed by atoms with E-state index in [1.807, 2.05) is 37.3 Å². The van der Waals surface area contributed by atoms with Gasteiger partial charge in [-0.05, 0) is 43.2 Å². The van der Waals surface area contributed by atoms with Gasteiger partial charge in [-0.3, -0.25) is 14.5 Å². The minimum Gasteiger partial charge on any atom is -0.355 e. The van der Waals surface area contributed by atoms with E-state index in [0.29, 0.717) is 30.4 Å². The van der Waals surface area contributed by atoms with Crippen LogP contribution >= 0.6 is 11.8 Å². The topological polar surface area (TPSA) is 61.8 Å². The summed E-state index contributed by atoms with van der Waals surface area (Å²) in [5, 5.41) is 2.72. The number of halogens is 1. The molecule has 28 heavy (non-hydrogen) atoms. The van der Waals surface area contributed by atoms with Crippen LogP contribution in [-0.4, -0.2) is 40.2 Å². The summed E-state index contributed by atoms with van der Waals surface area (Å²) >= 11 is 1.27. The number of hydrogen-bond donors (Lipinski definition) is 1. The second-order valence-electron chi connectivity index (χ2n) is 6.36. The number of benzene rings is 2. The fourth-order valence-electron chi connectivity index (χ4n) is 2.86. The summed E-state index contributed by atoms with van der Waals surface area (Å²) in [6.45, 7) is 2.82. The predicted octanol–water partition coefficient (Wildman–Crippen LogP) is 3.53. The van der Waals surface area contributed by atoms with E-state index in [0.717, 1.165) is 5.56 Å². The van der Waals surface area contributed by atoms with Gasteiger partial charge in [-0.2, -0.15) is 0 Å². The van der Waals surface area contributed by atoms with Gasteiger partial charge in [-0.1, -0.05) is 42.1 Å². The third kappa shape index (κ3) is 5.19. The molecule has 2 aromatic carbocycles. The lowest BCUT2D eigenvalue weighted by Crippen LogP contribution is -2.47. The maximum absolute atomic E-state index is 13.2. The Morgan fingerprint density at radius 1 is 1.21 bits per heavy atom. The lowest BCUT2D eigenvalue weighted by atomic mass is 10.1. The van der Waals surface area contributed by atoms with Gasteiger partial charge in [0.1, 0.15) is 5.82 Å². The highest BCUT2D eigenvalue weighted by atomic mass is 32.2. The third-order valence-corrected chi connectivity index (χ3v) is 5.49. The molecule has 0 bridgehead atoms. The number of aliphatic imine (C=N–C) groups is 1. The standard InChI is InChI=1S/C21H22FN3O2S/c1-2-23-20(27)18-14-19(26)25(13-12-15-6-4-3-5-7-15)21(28-18)24-17-10-8-16(22)9-11-17/h3-11,18H,2,12-14H2,1H3,(H,23,27). The zero-order chi connectivity index (χ0) is 19.9. The summed E-state index contributed by atoms with van der Waals surface area (Å²) < 4.78 is 13.2. The Labute approximate surface area is 168 Å². The van der Waals surface area contributed by atoms with E-state index < -0.39 is 5.25 Å². The van der Waals surface area contributed by atoms with Crippen molar-refractivity contribution in [1.29, 1.82) is 0 Å². The number of nitrogens with zero attached hydrogens (tertiary/aromatic N) is 2. The molecule has 0 radical (unpaired) electrons. The van der Waals surface area contributed by atoms with Gasteiger partial charge in [-0.15, -0.1) is 0 Å². The largest absolute Gasteiger partial charge is 0.355 e. The first kappa shape index (κ1) is 20.1. The van der Waals surface area contributed by atoms with Crippen molar-refractivity contribution in [3.8, 4) is 0 Å². The van der Waals surface area contributed by atoms with E-state index >= 15 is 0 Å². The molecule has 2 amide bonds. The number of carbonyl (C=O) groups is 2. The number of thioether (sulfide) groups is 1. The summed E-state index contributed by atoms with van der Waals surface area (Å²) in [6, 6.07) is 15.6. The van der Waals surface area contributed by atoms with Crippen LogP contribution in [0.4, 0.5) is 10.1 Å². The van der Waals surface area contributed by atoms with Crippen LogP contribution in [0.25, 0.3) is 0 Å². The smallest absolute Gasteiger partial charge is 0.234 e. The second kappa shape index (κ2) is 9.50. The van der Waals surface area contributed by atoms with Gasteiger partial charge in [-0.25, -0.2) is 9.38 Å². The highest BCUT2D eigenvalue weighted by Gasteiger charge is 2.35. The average Bonchev–Trinajstić information content (AvgIpc) is 2.70. The SMILES string of the molecule is CCNC(=O)C1CC(=O)N(CCc2ccccc2)C(=Nc2ccc(F)cc2)S1. The summed E-state index contributed by atoms with van der Waals surface area (Å²) in [7, 11) is 0. The zero-order valence-electron chi connectivity index (χ0n) is 15.6. The van der Waals surface area contributed by atoms with Crippen LogP contribution in [-0.2, 0) is 16.0 Å². The van der Waals surface area contributed by atoms with E-state index in [2.05, 4.69) is 10.3 Å². The molecule has 1 N–H and O–H groups in total. The van der Waals surface area contributed by atoms with Gasteiger partial charge in [0.15, 0.2) is 5.17 Å². The Balaban J connectivity index is 1.83. The maximum atomic E-state index is 13.2. The third-order valence-electron chi connectivity index (χ3n) is 4.30. The van der Waals surface area contributed by atoms with Gasteiger partial charge < -0.3 is 5.32 Å². The van der Waals surface area contributed by atoms with Gasteiger partial charge in [0, 0.05) is 19.5 Å². The molecule has 7 heteroatoms. The fourth-order valence-corrected chi connectivity index (χ4v) is 4.01. The number of amides is 2. The van der Waals surface area contributed by atoms with E-state index in [-0.39, 0.29) is 24.1 Å². The number of nitrogens with one attached hydrogen (secondary N) is 1. The molecule has 1 atom stereocenters. The Bertz CT molecular complexity index is 856. The first-order valence-electron chi connectivity index (χ1n) is 9.19. The van der Waals surface area contributed by atoms with Crippen molar-refractivity contribution in [2.24, 2.45) is 4.99 Å². The highest BCUT2D eigenvalue weighted by molar-refractivity contribution is 8.15. The predicted molar refractivity (Wildman–Crippen MR) is 110 cm³/mol. The van der Waals surface area contributed by atoms with Crippen molar-refractivity contribution in [3.05, 3.63) is 66.0 Å². The van der Waals surface area contributed by atoms with Crippen LogP contribution in [0.3, 0.4) is 0 Å². The normalized spacial score (nSPS) is 18.4. The molecule has 0 spiro atoms. The first-order chi connectivity index (χ1) is 13.6. The summed E-state index contributed by atoms with van der Waals surface area (Å²) in [5.41, 5.74) is 1.66. The lowest BCUT2D eigenvalue weighted by Gasteiger charge is -2.31. The minimum atomic E-state index is -0.514. The molecule has 0 saturated carbocycles. The van der Waals surface area contributed by atoms with Crippen LogP contribution in [0.5, 0.6) is 0 Å². The molecule has 0 aromatic heterocycles. The van der Waals surface area contributed by atoms with Crippen molar-refractivity contribution < 1.29 is 14.0 Å². The quantitative estimate of drug-likeness (QED) is 0.808. The number of carbonyl (C=O) groups excluding carboxylic acids is 2. The lowest BCUT2D eigenvalue weighted by molar-refractivity contribution is -0.130. The Morgan fingerprint density at radius 2 is 1.93 bits per heavy atom. The Morgan fingerprint density at radius 3 is 2.61 bits per heavy atom. The Hall–Kier alpha value is -2.67. The first-order valence-corrected chi connectivity index (χ1v) is 10.1. The molecule has 146 valence electrons. The summed E-state index contributed by atoms with van der Waals surface area (Å²) in [5.74, 6) is -0.653. The molecule has 1 saturated heterocycles. The fraction of sp³-hybridized carbons (Fsp3) is 0.286.